The van der Waals surface area contributed by atoms with Gasteiger partial charge in [-0.2, -0.15) is 13.2 Å². The minimum Gasteiger partial charge on any atom is -0.489 e. The van der Waals surface area contributed by atoms with Crippen LogP contribution in [0.15, 0.2) is 113 Å². The van der Waals surface area contributed by atoms with Crippen molar-refractivity contribution in [2.45, 2.75) is 31.1 Å². The predicted octanol–water partition coefficient (Wildman–Crippen LogP) is 6.30. The lowest BCUT2D eigenvalue weighted by molar-refractivity contribution is -0.137. The molecule has 5 aromatic rings. The van der Waals surface area contributed by atoms with E-state index in [1.165, 1.54) is 30.5 Å². The molecule has 0 bridgehead atoms. The van der Waals surface area contributed by atoms with Crippen molar-refractivity contribution >= 4 is 21.8 Å². The number of hydrogen-bond donors (Lipinski definition) is 2. The second-order valence-corrected chi connectivity index (χ2v) is 11.9. The van der Waals surface area contributed by atoms with Gasteiger partial charge in [0.05, 0.1) is 16.7 Å². The van der Waals surface area contributed by atoms with Gasteiger partial charge in [0.25, 0.3) is 15.9 Å². The van der Waals surface area contributed by atoms with Gasteiger partial charge in [0.2, 0.25) is 5.76 Å². The van der Waals surface area contributed by atoms with Gasteiger partial charge in [0, 0.05) is 23.7 Å². The molecule has 4 aromatic carbocycles. The van der Waals surface area contributed by atoms with Gasteiger partial charge in [-0.1, -0.05) is 59.3 Å². The number of halogens is 3. The van der Waals surface area contributed by atoms with Gasteiger partial charge in [-0.25, -0.2) is 13.1 Å². The minimum atomic E-state index is -4.47. The van der Waals surface area contributed by atoms with Crippen LogP contribution in [0, 0.1) is 6.92 Å². The Hall–Kier alpha value is -5.43. The van der Waals surface area contributed by atoms with E-state index in [-0.39, 0.29) is 23.8 Å². The molecular formula is C33H26F3N3O6S. The number of carbonyl (C=O) groups is 2. The Balaban J connectivity index is 1.20. The molecule has 0 aliphatic rings. The van der Waals surface area contributed by atoms with Crippen LogP contribution in [0.25, 0.3) is 11.1 Å². The maximum atomic E-state index is 13.1. The van der Waals surface area contributed by atoms with Crippen LogP contribution in [-0.4, -0.2) is 25.4 Å². The Morgan fingerprint density at radius 2 is 1.61 bits per heavy atom. The van der Waals surface area contributed by atoms with E-state index in [1.54, 1.807) is 60.7 Å². The zero-order valence-electron chi connectivity index (χ0n) is 24.2. The second-order valence-electron chi connectivity index (χ2n) is 10.2. The van der Waals surface area contributed by atoms with Crippen molar-refractivity contribution in [2.75, 3.05) is 0 Å². The van der Waals surface area contributed by atoms with E-state index >= 15 is 0 Å². The summed E-state index contributed by atoms with van der Waals surface area (Å²) in [6.07, 6.45) is -3.24. The number of rotatable bonds is 10. The highest BCUT2D eigenvalue weighted by Gasteiger charge is 2.30. The number of nitrogens with one attached hydrogen (secondary N) is 2. The molecule has 0 radical (unpaired) electrons. The van der Waals surface area contributed by atoms with Crippen LogP contribution in [0.2, 0.25) is 0 Å². The van der Waals surface area contributed by atoms with E-state index in [9.17, 15) is 31.2 Å². The third kappa shape index (κ3) is 7.80. The van der Waals surface area contributed by atoms with Crippen molar-refractivity contribution in [3.63, 3.8) is 0 Å². The maximum absolute atomic E-state index is 13.1. The van der Waals surface area contributed by atoms with Crippen LogP contribution >= 0.6 is 0 Å². The topological polar surface area (TPSA) is 128 Å². The highest BCUT2D eigenvalue weighted by molar-refractivity contribution is 7.90. The standard InChI is InChI=1S/C33H26F3N3O6S/c1-21-5-14-30(46(42,43)39-32(41)29-15-16-38-45-29)28(17-21)24-8-6-22(7-9-24)20-44-27-12-10-25(11-13-27)31(40)37-19-23-3-2-4-26(18-23)33(34,35)36/h2-18H,19-20H2,1H3,(H,37,40)(H,39,41). The zero-order valence-corrected chi connectivity index (χ0v) is 25.0. The van der Waals surface area contributed by atoms with Crippen molar-refractivity contribution in [3.05, 3.63) is 137 Å². The molecule has 46 heavy (non-hydrogen) atoms. The number of sulfonamides is 1. The van der Waals surface area contributed by atoms with Crippen molar-refractivity contribution in [1.29, 1.82) is 0 Å². The monoisotopic (exact) mass is 649 g/mol. The third-order valence-corrected chi connectivity index (χ3v) is 8.20. The van der Waals surface area contributed by atoms with Gasteiger partial charge >= 0.3 is 12.1 Å². The molecule has 0 spiro atoms. The number of carbonyl (C=O) groups excluding carboxylic acids is 2. The molecule has 0 aliphatic heterocycles. The molecule has 9 nitrogen and oxygen atoms in total. The van der Waals surface area contributed by atoms with Crippen molar-refractivity contribution < 1.29 is 40.4 Å². The predicted molar refractivity (Wildman–Crippen MR) is 161 cm³/mol. The number of aryl methyl sites for hydroxylation is 1. The van der Waals surface area contributed by atoms with Crippen LogP contribution in [0.3, 0.4) is 0 Å². The first-order valence-electron chi connectivity index (χ1n) is 13.7. The van der Waals surface area contributed by atoms with Crippen LogP contribution < -0.4 is 14.8 Å². The van der Waals surface area contributed by atoms with Gasteiger partial charge in [0.1, 0.15) is 12.4 Å². The average molecular weight is 650 g/mol. The van der Waals surface area contributed by atoms with Crippen LogP contribution in [0.4, 0.5) is 13.2 Å². The number of aromatic nitrogens is 1. The van der Waals surface area contributed by atoms with Gasteiger partial charge in [0.15, 0.2) is 0 Å². The van der Waals surface area contributed by atoms with Gasteiger partial charge < -0.3 is 14.6 Å². The lowest BCUT2D eigenvalue weighted by Crippen LogP contribution is -2.30. The molecule has 2 amide bonds. The number of benzene rings is 4. The summed E-state index contributed by atoms with van der Waals surface area (Å²) in [5.74, 6) is -1.16. The molecule has 236 valence electrons. The quantitative estimate of drug-likeness (QED) is 0.182. The number of hydrogen-bond acceptors (Lipinski definition) is 7. The number of nitrogens with zero attached hydrogens (tertiary/aromatic N) is 1. The highest BCUT2D eigenvalue weighted by Crippen LogP contribution is 2.30. The van der Waals surface area contributed by atoms with E-state index in [0.29, 0.717) is 28.0 Å². The van der Waals surface area contributed by atoms with Gasteiger partial charge in [-0.3, -0.25) is 9.59 Å². The molecule has 0 saturated heterocycles. The molecule has 1 aromatic heterocycles. The average Bonchev–Trinajstić information content (AvgIpc) is 3.58. The fourth-order valence-corrected chi connectivity index (χ4v) is 5.62. The molecule has 5 rings (SSSR count). The van der Waals surface area contributed by atoms with Crippen LogP contribution in [-0.2, 0) is 29.4 Å². The van der Waals surface area contributed by atoms with Crippen molar-refractivity contribution in [1.82, 2.24) is 15.2 Å². The number of ether oxygens (including phenoxy) is 1. The first-order valence-corrected chi connectivity index (χ1v) is 15.2. The molecule has 2 N–H and O–H groups in total. The molecule has 1 heterocycles. The Labute approximate surface area is 262 Å². The zero-order chi connectivity index (χ0) is 32.9. The fraction of sp³-hybridized carbons (Fsp3) is 0.121. The molecule has 0 fully saturated rings. The van der Waals surface area contributed by atoms with E-state index in [2.05, 4.69) is 10.5 Å². The summed E-state index contributed by atoms with van der Waals surface area (Å²) in [6, 6.07) is 24.1. The Morgan fingerprint density at radius 3 is 2.28 bits per heavy atom. The highest BCUT2D eigenvalue weighted by atomic mass is 32.2. The largest absolute Gasteiger partial charge is 0.489 e. The Morgan fingerprint density at radius 1 is 0.870 bits per heavy atom. The first kappa shape index (κ1) is 32.0. The summed E-state index contributed by atoms with van der Waals surface area (Å²) in [5, 5.41) is 6.03. The van der Waals surface area contributed by atoms with E-state index in [0.717, 1.165) is 23.3 Å². The lowest BCUT2D eigenvalue weighted by Gasteiger charge is -2.13. The molecule has 0 atom stereocenters. The Bertz CT molecular complexity index is 1960. The summed E-state index contributed by atoms with van der Waals surface area (Å²) in [4.78, 5) is 24.8. The van der Waals surface area contributed by atoms with Crippen molar-refractivity contribution in [3.8, 4) is 16.9 Å². The maximum Gasteiger partial charge on any atom is 0.416 e. The molecule has 0 saturated carbocycles. The smallest absolute Gasteiger partial charge is 0.416 e. The normalized spacial score (nSPS) is 11.6. The van der Waals surface area contributed by atoms with Crippen LogP contribution in [0.5, 0.6) is 5.75 Å². The molecule has 0 aliphatic carbocycles. The van der Waals surface area contributed by atoms with Crippen LogP contribution in [0.1, 0.15) is 43.2 Å². The number of alkyl halides is 3. The minimum absolute atomic E-state index is 0.0652. The van der Waals surface area contributed by atoms with Gasteiger partial charge in [-0.15, -0.1) is 0 Å². The molecular weight excluding hydrogens is 623 g/mol. The summed E-state index contributed by atoms with van der Waals surface area (Å²) in [6.45, 7) is 1.93. The Kier molecular flexibility index (Phi) is 9.23. The SMILES string of the molecule is Cc1ccc(S(=O)(=O)NC(=O)c2ccno2)c(-c2ccc(COc3ccc(C(=O)NCc4cccc(C(F)(F)F)c4)cc3)cc2)c1. The first-order chi connectivity index (χ1) is 21.9. The third-order valence-electron chi connectivity index (χ3n) is 6.81. The van der Waals surface area contributed by atoms with Crippen molar-refractivity contribution in [2.24, 2.45) is 0 Å². The lowest BCUT2D eigenvalue weighted by atomic mass is 10.0. The summed E-state index contributed by atoms with van der Waals surface area (Å²) < 4.78 is 77.6. The molecule has 13 heteroatoms. The van der Waals surface area contributed by atoms with E-state index < -0.39 is 33.6 Å². The molecule has 0 unspecified atom stereocenters. The number of amides is 2. The summed E-state index contributed by atoms with van der Waals surface area (Å²) >= 11 is 0. The summed E-state index contributed by atoms with van der Waals surface area (Å²) in [7, 11) is -4.25. The summed E-state index contributed by atoms with van der Waals surface area (Å²) in [5.41, 5.74) is 2.44. The fourth-order valence-electron chi connectivity index (χ4n) is 4.46. The second kappa shape index (κ2) is 13.3. The van der Waals surface area contributed by atoms with E-state index in [4.69, 9.17) is 9.26 Å². The van der Waals surface area contributed by atoms with Gasteiger partial charge in [-0.05, 0) is 66.1 Å². The van der Waals surface area contributed by atoms with E-state index in [1.807, 2.05) is 11.6 Å².